The molecule has 0 N–H and O–H groups in total. The van der Waals surface area contributed by atoms with Crippen molar-refractivity contribution in [1.29, 1.82) is 0 Å². The van der Waals surface area contributed by atoms with E-state index in [4.69, 9.17) is 14.2 Å². The van der Waals surface area contributed by atoms with Crippen molar-refractivity contribution in [3.8, 4) is 11.5 Å². The molecule has 0 fully saturated rings. The Bertz CT molecular complexity index is 768. The molecule has 138 valence electrons. The van der Waals surface area contributed by atoms with Crippen LogP contribution in [-0.4, -0.2) is 20.2 Å². The van der Waals surface area contributed by atoms with Crippen molar-refractivity contribution in [2.24, 2.45) is 0 Å². The molecule has 0 spiro atoms. The quantitative estimate of drug-likeness (QED) is 0.554. The zero-order valence-electron chi connectivity index (χ0n) is 16.0. The van der Waals surface area contributed by atoms with Crippen LogP contribution in [0.5, 0.6) is 11.5 Å². The Labute approximate surface area is 155 Å². The summed E-state index contributed by atoms with van der Waals surface area (Å²) in [6.07, 6.45) is 3.05. The Balaban J connectivity index is 1.97. The van der Waals surface area contributed by atoms with E-state index in [0.29, 0.717) is 11.5 Å². The first-order valence-electron chi connectivity index (χ1n) is 8.50. The molecule has 0 amide bonds. The lowest BCUT2D eigenvalue weighted by Crippen LogP contribution is -2.10. The van der Waals surface area contributed by atoms with Gasteiger partial charge in [0.25, 0.3) is 0 Å². The number of benzene rings is 2. The maximum Gasteiger partial charge on any atom is 0.331 e. The first-order valence-corrected chi connectivity index (χ1v) is 8.50. The minimum absolute atomic E-state index is 0.105. The first kappa shape index (κ1) is 19.6. The molecule has 2 aromatic carbocycles. The molecule has 0 aliphatic heterocycles. The molecule has 0 heterocycles. The van der Waals surface area contributed by atoms with E-state index in [1.165, 1.54) is 11.6 Å². The van der Waals surface area contributed by atoms with Gasteiger partial charge in [0.2, 0.25) is 0 Å². The molecule has 0 saturated heterocycles. The predicted molar refractivity (Wildman–Crippen MR) is 104 cm³/mol. The lowest BCUT2D eigenvalue weighted by Gasteiger charge is -2.19. The van der Waals surface area contributed by atoms with Crippen molar-refractivity contribution >= 4 is 12.0 Å². The first-order chi connectivity index (χ1) is 12.3. The summed E-state index contributed by atoms with van der Waals surface area (Å²) in [7, 11) is 3.17. The Morgan fingerprint density at radius 3 is 2.27 bits per heavy atom. The van der Waals surface area contributed by atoms with Crippen molar-refractivity contribution in [1.82, 2.24) is 0 Å². The van der Waals surface area contributed by atoms with Crippen LogP contribution in [0.4, 0.5) is 0 Å². The van der Waals surface area contributed by atoms with Crippen LogP contribution in [0.1, 0.15) is 37.5 Å². The van der Waals surface area contributed by atoms with Gasteiger partial charge in [-0.2, -0.15) is 0 Å². The summed E-state index contributed by atoms with van der Waals surface area (Å²) >= 11 is 0. The lowest BCUT2D eigenvalue weighted by atomic mass is 9.87. The highest BCUT2D eigenvalue weighted by Crippen LogP contribution is 2.25. The number of esters is 1. The minimum atomic E-state index is -0.408. The number of rotatable bonds is 6. The fourth-order valence-electron chi connectivity index (χ4n) is 2.43. The number of hydrogen-bond donors (Lipinski definition) is 0. The van der Waals surface area contributed by atoms with E-state index >= 15 is 0 Å². The van der Waals surface area contributed by atoms with Gasteiger partial charge in [-0.25, -0.2) is 4.79 Å². The van der Waals surface area contributed by atoms with Crippen LogP contribution in [0.2, 0.25) is 0 Å². The second kappa shape index (κ2) is 8.56. The molecule has 0 atom stereocenters. The zero-order chi connectivity index (χ0) is 19.2. The van der Waals surface area contributed by atoms with Gasteiger partial charge in [0.15, 0.2) is 0 Å². The molecule has 4 nitrogen and oxygen atoms in total. The summed E-state index contributed by atoms with van der Waals surface area (Å²) in [4.78, 5) is 12.0. The molecular formula is C22H26O4. The average Bonchev–Trinajstić information content (AvgIpc) is 2.64. The van der Waals surface area contributed by atoms with Crippen LogP contribution < -0.4 is 9.47 Å². The number of carbonyl (C=O) groups excluding carboxylic acids is 1. The highest BCUT2D eigenvalue weighted by molar-refractivity contribution is 5.87. The van der Waals surface area contributed by atoms with Gasteiger partial charge in [-0.15, -0.1) is 0 Å². The Morgan fingerprint density at radius 2 is 1.69 bits per heavy atom. The monoisotopic (exact) mass is 354 g/mol. The smallest absolute Gasteiger partial charge is 0.331 e. The van der Waals surface area contributed by atoms with E-state index in [1.54, 1.807) is 38.5 Å². The summed E-state index contributed by atoms with van der Waals surface area (Å²) < 4.78 is 15.8. The molecule has 0 aliphatic rings. The normalized spacial score (nSPS) is 11.4. The second-order valence-corrected chi connectivity index (χ2v) is 7.00. The Hall–Kier alpha value is -2.75. The third-order valence-corrected chi connectivity index (χ3v) is 4.04. The van der Waals surface area contributed by atoms with Crippen molar-refractivity contribution in [2.45, 2.75) is 32.8 Å². The molecule has 2 aromatic rings. The minimum Gasteiger partial charge on any atom is -0.497 e. The second-order valence-electron chi connectivity index (χ2n) is 7.00. The molecule has 0 aromatic heterocycles. The molecule has 26 heavy (non-hydrogen) atoms. The molecule has 4 heteroatoms. The van der Waals surface area contributed by atoms with Crippen LogP contribution >= 0.6 is 0 Å². The number of hydrogen-bond acceptors (Lipinski definition) is 4. The van der Waals surface area contributed by atoms with Gasteiger partial charge >= 0.3 is 5.97 Å². The summed E-state index contributed by atoms with van der Waals surface area (Å²) in [5, 5.41) is 0. The Morgan fingerprint density at radius 1 is 1.00 bits per heavy atom. The fourth-order valence-corrected chi connectivity index (χ4v) is 2.43. The predicted octanol–water partition coefficient (Wildman–Crippen LogP) is 4.76. The topological polar surface area (TPSA) is 44.8 Å². The van der Waals surface area contributed by atoms with E-state index < -0.39 is 5.97 Å². The summed E-state index contributed by atoms with van der Waals surface area (Å²) in [5.74, 6) is 0.945. The van der Waals surface area contributed by atoms with Gasteiger partial charge < -0.3 is 14.2 Å². The van der Waals surface area contributed by atoms with E-state index in [2.05, 4.69) is 32.9 Å². The molecule has 0 bridgehead atoms. The zero-order valence-corrected chi connectivity index (χ0v) is 16.0. The van der Waals surface area contributed by atoms with E-state index in [9.17, 15) is 4.79 Å². The van der Waals surface area contributed by atoms with Crippen molar-refractivity contribution in [2.75, 3.05) is 14.2 Å². The van der Waals surface area contributed by atoms with Gasteiger partial charge in [0, 0.05) is 11.6 Å². The Kier molecular flexibility index (Phi) is 6.45. The maximum atomic E-state index is 12.0. The summed E-state index contributed by atoms with van der Waals surface area (Å²) in [5.41, 5.74) is 3.06. The molecule has 0 aliphatic carbocycles. The summed E-state index contributed by atoms with van der Waals surface area (Å²) in [6, 6.07) is 13.5. The van der Waals surface area contributed by atoms with E-state index in [-0.39, 0.29) is 12.0 Å². The molecule has 0 radical (unpaired) electrons. The third-order valence-electron chi connectivity index (χ3n) is 4.04. The average molecular weight is 354 g/mol. The largest absolute Gasteiger partial charge is 0.497 e. The molecular weight excluding hydrogens is 328 g/mol. The van der Waals surface area contributed by atoms with Crippen molar-refractivity contribution in [3.63, 3.8) is 0 Å². The van der Waals surface area contributed by atoms with Gasteiger partial charge in [0.1, 0.15) is 18.1 Å². The fraction of sp³-hybridized carbons (Fsp3) is 0.318. The number of ether oxygens (including phenoxy) is 3. The van der Waals surface area contributed by atoms with Crippen LogP contribution in [-0.2, 0) is 21.6 Å². The van der Waals surface area contributed by atoms with E-state index in [0.717, 1.165) is 11.1 Å². The SMILES string of the molecule is COc1ccc(OC)c(/C=C/C(=O)OCc2ccc(C(C)(C)C)cc2)c1. The number of carbonyl (C=O) groups is 1. The van der Waals surface area contributed by atoms with Gasteiger partial charge in [-0.1, -0.05) is 45.0 Å². The third kappa shape index (κ3) is 5.38. The highest BCUT2D eigenvalue weighted by Gasteiger charge is 2.13. The molecule has 0 unspecified atom stereocenters. The van der Waals surface area contributed by atoms with Crippen LogP contribution in [0.15, 0.2) is 48.5 Å². The number of methoxy groups -OCH3 is 2. The standard InChI is InChI=1S/C22H26O4/c1-22(2,3)18-9-6-16(7-10-18)15-26-21(23)13-8-17-14-19(24-4)11-12-20(17)25-5/h6-14H,15H2,1-5H3/b13-8+. The molecule has 0 saturated carbocycles. The van der Waals surface area contributed by atoms with Crippen molar-refractivity contribution < 1.29 is 19.0 Å². The van der Waals surface area contributed by atoms with Crippen molar-refractivity contribution in [3.05, 3.63) is 65.2 Å². The molecule has 2 rings (SSSR count). The van der Waals surface area contributed by atoms with Crippen LogP contribution in [0, 0.1) is 0 Å². The highest BCUT2D eigenvalue weighted by atomic mass is 16.5. The van der Waals surface area contributed by atoms with E-state index in [1.807, 2.05) is 12.1 Å². The van der Waals surface area contributed by atoms with Gasteiger partial charge in [0.05, 0.1) is 14.2 Å². The maximum absolute atomic E-state index is 12.0. The summed E-state index contributed by atoms with van der Waals surface area (Å²) in [6.45, 7) is 6.74. The van der Waals surface area contributed by atoms with Crippen LogP contribution in [0.3, 0.4) is 0 Å². The van der Waals surface area contributed by atoms with Gasteiger partial charge in [-0.3, -0.25) is 0 Å². The lowest BCUT2D eigenvalue weighted by molar-refractivity contribution is -0.138. The van der Waals surface area contributed by atoms with Gasteiger partial charge in [-0.05, 0) is 40.8 Å². The van der Waals surface area contributed by atoms with Crippen LogP contribution in [0.25, 0.3) is 6.08 Å².